The van der Waals surface area contributed by atoms with E-state index in [0.717, 1.165) is 23.4 Å². The summed E-state index contributed by atoms with van der Waals surface area (Å²) in [6, 6.07) is 7.93. The highest BCUT2D eigenvalue weighted by Crippen LogP contribution is 2.29. The molecular weight excluding hydrogens is 226 g/mol. The summed E-state index contributed by atoms with van der Waals surface area (Å²) < 4.78 is 0. The van der Waals surface area contributed by atoms with Crippen LogP contribution in [0, 0.1) is 0 Å². The average molecular weight is 237 g/mol. The minimum absolute atomic E-state index is 0.390. The molecule has 84 valence electrons. The molecule has 0 aromatic heterocycles. The Labute approximate surface area is 97.3 Å². The van der Waals surface area contributed by atoms with E-state index in [4.69, 9.17) is 9.94 Å². The van der Waals surface area contributed by atoms with Crippen LogP contribution in [0.25, 0.3) is 0 Å². The summed E-state index contributed by atoms with van der Waals surface area (Å²) in [5, 5.41) is 12.3. The van der Waals surface area contributed by atoms with Crippen LogP contribution in [0.2, 0.25) is 0 Å². The molecule has 0 amide bonds. The normalized spacial score (nSPS) is 16.9. The van der Waals surface area contributed by atoms with Gasteiger partial charge >= 0.3 is 5.97 Å². The quantitative estimate of drug-likeness (QED) is 0.817. The van der Waals surface area contributed by atoms with Crippen molar-refractivity contribution in [3.63, 3.8) is 0 Å². The Morgan fingerprint density at radius 3 is 3.12 bits per heavy atom. The lowest BCUT2D eigenvalue weighted by molar-refractivity contribution is -0.142. The van der Waals surface area contributed by atoms with Gasteiger partial charge < -0.3 is 9.94 Å². The predicted molar refractivity (Wildman–Crippen MR) is 61.9 cm³/mol. The van der Waals surface area contributed by atoms with E-state index in [1.807, 2.05) is 24.3 Å². The number of benzene rings is 1. The largest absolute Gasteiger partial charge is 0.479 e. The molecule has 0 saturated heterocycles. The van der Waals surface area contributed by atoms with Gasteiger partial charge in [0.2, 0.25) is 6.61 Å². The van der Waals surface area contributed by atoms with Crippen molar-refractivity contribution in [1.82, 2.24) is 0 Å². The van der Waals surface area contributed by atoms with Gasteiger partial charge in [-0.1, -0.05) is 23.4 Å². The van der Waals surface area contributed by atoms with Gasteiger partial charge in [-0.3, -0.25) is 0 Å². The van der Waals surface area contributed by atoms with Crippen LogP contribution in [-0.2, 0) is 9.63 Å². The SMILES string of the molecule is O=C(O)CON=C1CCSc2ccccc21. The van der Waals surface area contributed by atoms with Crippen molar-refractivity contribution in [2.75, 3.05) is 12.4 Å². The number of rotatable bonds is 3. The predicted octanol–water partition coefficient (Wildman–Crippen LogP) is 1.99. The van der Waals surface area contributed by atoms with Gasteiger partial charge in [0.25, 0.3) is 0 Å². The maximum atomic E-state index is 10.3. The topological polar surface area (TPSA) is 58.9 Å². The van der Waals surface area contributed by atoms with E-state index in [-0.39, 0.29) is 0 Å². The van der Waals surface area contributed by atoms with E-state index in [1.165, 1.54) is 4.90 Å². The summed E-state index contributed by atoms with van der Waals surface area (Å²) in [5.74, 6) is -0.0606. The number of carbonyl (C=O) groups is 1. The number of hydrogen-bond donors (Lipinski definition) is 1. The molecule has 0 fully saturated rings. The minimum atomic E-state index is -1.01. The number of nitrogens with zero attached hydrogens (tertiary/aromatic N) is 1. The Morgan fingerprint density at radius 1 is 1.50 bits per heavy atom. The Balaban J connectivity index is 2.15. The zero-order valence-corrected chi connectivity index (χ0v) is 9.37. The lowest BCUT2D eigenvalue weighted by atomic mass is 10.1. The highest BCUT2D eigenvalue weighted by Gasteiger charge is 2.15. The number of hydrogen-bond acceptors (Lipinski definition) is 4. The van der Waals surface area contributed by atoms with Gasteiger partial charge in [-0.25, -0.2) is 4.79 Å². The van der Waals surface area contributed by atoms with Crippen LogP contribution in [0.15, 0.2) is 34.3 Å². The summed E-state index contributed by atoms with van der Waals surface area (Å²) in [6.07, 6.45) is 0.807. The van der Waals surface area contributed by atoms with Crippen LogP contribution in [0.4, 0.5) is 0 Å². The summed E-state index contributed by atoms with van der Waals surface area (Å²) in [5.41, 5.74) is 1.87. The van der Waals surface area contributed by atoms with Crippen LogP contribution < -0.4 is 0 Å². The molecule has 0 spiro atoms. The van der Waals surface area contributed by atoms with E-state index in [9.17, 15) is 4.79 Å². The van der Waals surface area contributed by atoms with Crippen LogP contribution in [-0.4, -0.2) is 29.1 Å². The van der Waals surface area contributed by atoms with Gasteiger partial charge in [-0.05, 0) is 6.07 Å². The van der Waals surface area contributed by atoms with E-state index < -0.39 is 12.6 Å². The van der Waals surface area contributed by atoms with Crippen LogP contribution in [0.5, 0.6) is 0 Å². The summed E-state index contributed by atoms with van der Waals surface area (Å²) in [7, 11) is 0. The second-order valence-electron chi connectivity index (χ2n) is 3.30. The fourth-order valence-electron chi connectivity index (χ4n) is 1.48. The van der Waals surface area contributed by atoms with Crippen LogP contribution >= 0.6 is 11.8 Å². The Bertz CT molecular complexity index is 431. The monoisotopic (exact) mass is 237 g/mol. The van der Waals surface area contributed by atoms with E-state index in [2.05, 4.69) is 5.16 Å². The highest BCUT2D eigenvalue weighted by molar-refractivity contribution is 7.99. The molecule has 2 rings (SSSR count). The number of oxime groups is 1. The van der Waals surface area contributed by atoms with Crippen molar-refractivity contribution in [2.45, 2.75) is 11.3 Å². The molecule has 0 bridgehead atoms. The number of aliphatic carboxylic acids is 1. The molecule has 1 heterocycles. The standard InChI is InChI=1S/C11H11NO3S/c13-11(14)7-15-12-9-5-6-16-10-4-2-1-3-8(9)10/h1-4H,5-7H2,(H,13,14). The van der Waals surface area contributed by atoms with E-state index in [1.54, 1.807) is 11.8 Å². The third-order valence-corrected chi connectivity index (χ3v) is 3.23. The molecule has 0 saturated carbocycles. The van der Waals surface area contributed by atoms with Gasteiger partial charge in [0, 0.05) is 22.6 Å². The molecule has 1 aromatic carbocycles. The molecule has 4 nitrogen and oxygen atoms in total. The minimum Gasteiger partial charge on any atom is -0.479 e. The molecule has 1 aliphatic heterocycles. The van der Waals surface area contributed by atoms with Crippen molar-refractivity contribution >= 4 is 23.4 Å². The van der Waals surface area contributed by atoms with E-state index >= 15 is 0 Å². The highest BCUT2D eigenvalue weighted by atomic mass is 32.2. The molecule has 0 aliphatic carbocycles. The zero-order chi connectivity index (χ0) is 11.4. The molecular formula is C11H11NO3S. The van der Waals surface area contributed by atoms with Crippen molar-refractivity contribution in [2.24, 2.45) is 5.16 Å². The van der Waals surface area contributed by atoms with Gasteiger partial charge in [-0.15, -0.1) is 11.8 Å². The smallest absolute Gasteiger partial charge is 0.344 e. The lowest BCUT2D eigenvalue weighted by Gasteiger charge is -2.16. The molecule has 1 aliphatic rings. The maximum absolute atomic E-state index is 10.3. The number of fused-ring (bicyclic) bond motifs is 1. The zero-order valence-electron chi connectivity index (χ0n) is 8.55. The lowest BCUT2D eigenvalue weighted by Crippen LogP contribution is -2.11. The maximum Gasteiger partial charge on any atom is 0.344 e. The first-order valence-electron chi connectivity index (χ1n) is 4.90. The Kier molecular flexibility index (Phi) is 3.46. The first kappa shape index (κ1) is 11.0. The van der Waals surface area contributed by atoms with Gasteiger partial charge in [-0.2, -0.15) is 0 Å². The fraction of sp³-hybridized carbons (Fsp3) is 0.273. The van der Waals surface area contributed by atoms with E-state index in [0.29, 0.717) is 0 Å². The first-order valence-corrected chi connectivity index (χ1v) is 5.89. The van der Waals surface area contributed by atoms with Crippen molar-refractivity contribution in [3.05, 3.63) is 29.8 Å². The molecule has 5 heteroatoms. The third kappa shape index (κ3) is 2.55. The molecule has 0 radical (unpaired) electrons. The molecule has 1 N–H and O–H groups in total. The van der Waals surface area contributed by atoms with Crippen molar-refractivity contribution < 1.29 is 14.7 Å². The second-order valence-corrected chi connectivity index (χ2v) is 4.44. The van der Waals surface area contributed by atoms with Crippen LogP contribution in [0.3, 0.4) is 0 Å². The van der Waals surface area contributed by atoms with Crippen LogP contribution in [0.1, 0.15) is 12.0 Å². The first-order chi connectivity index (χ1) is 7.77. The summed E-state index contributed by atoms with van der Waals surface area (Å²) in [4.78, 5) is 16.2. The third-order valence-electron chi connectivity index (χ3n) is 2.16. The molecule has 16 heavy (non-hydrogen) atoms. The van der Waals surface area contributed by atoms with Gasteiger partial charge in [0.1, 0.15) is 0 Å². The summed E-state index contributed by atoms with van der Waals surface area (Å²) >= 11 is 1.78. The van der Waals surface area contributed by atoms with Gasteiger partial charge in [0.15, 0.2) is 0 Å². The molecule has 1 aromatic rings. The molecule has 0 unspecified atom stereocenters. The molecule has 0 atom stereocenters. The number of thioether (sulfide) groups is 1. The van der Waals surface area contributed by atoms with Gasteiger partial charge in [0.05, 0.1) is 5.71 Å². The summed E-state index contributed by atoms with van der Waals surface area (Å²) in [6.45, 7) is -0.390. The average Bonchev–Trinajstić information content (AvgIpc) is 2.29. The second kappa shape index (κ2) is 5.03. The van der Waals surface area contributed by atoms with Crippen molar-refractivity contribution in [1.29, 1.82) is 0 Å². The Morgan fingerprint density at radius 2 is 2.31 bits per heavy atom. The Hall–Kier alpha value is -1.49. The number of carboxylic acids is 1. The van der Waals surface area contributed by atoms with Crippen molar-refractivity contribution in [3.8, 4) is 0 Å². The number of carboxylic acid groups (broad SMARTS) is 1. The fourth-order valence-corrected chi connectivity index (χ4v) is 2.51.